The number of esters is 1. The lowest BCUT2D eigenvalue weighted by Crippen LogP contribution is -2.26. The smallest absolute Gasteiger partial charge is 0.416 e. The summed E-state index contributed by atoms with van der Waals surface area (Å²) in [5.41, 5.74) is 1.91. The zero-order valence-electron chi connectivity index (χ0n) is 24.7. The van der Waals surface area contributed by atoms with Crippen LogP contribution in [0, 0.1) is 6.92 Å². The molecular formula is C34H29ClF6N2O3. The predicted octanol–water partition coefficient (Wildman–Crippen LogP) is 9.32. The molecule has 1 amide bonds. The van der Waals surface area contributed by atoms with Gasteiger partial charge in [-0.25, -0.2) is 0 Å². The Labute approximate surface area is 266 Å². The Hall–Kier alpha value is -4.51. The highest BCUT2D eigenvalue weighted by Gasteiger charge is 2.32. The number of nitrogens with one attached hydrogen (secondary N) is 2. The molecule has 0 spiro atoms. The van der Waals surface area contributed by atoms with Crippen molar-refractivity contribution >= 4 is 29.2 Å². The number of carbonyl (C=O) groups is 2. The largest absolute Gasteiger partial charge is 0.466 e. The molecule has 12 heteroatoms. The number of carbonyl (C=O) groups excluding carboxylic acids is 2. The van der Waals surface area contributed by atoms with Crippen LogP contribution in [0.5, 0.6) is 0 Å². The van der Waals surface area contributed by atoms with Gasteiger partial charge in [0.2, 0.25) is 0 Å². The first kappa shape index (κ1) is 34.4. The maximum Gasteiger partial charge on any atom is 0.416 e. The standard InChI is InChI=1S/C34H29ClF6N2O3/c1-3-46-31(44)14-15-42-32(45)22-6-4-21(5-7-22)29-17-25(34(39,40)41)9-8-23(29)19-43-26-11-13-28(30(35)18-26)27-12-10-24(16-20(27)2)33(36,37)38/h4-13,16-18,43H,3,14-15,19H2,1-2H3,(H,42,45). The molecule has 5 nitrogen and oxygen atoms in total. The number of anilines is 1. The van der Waals surface area contributed by atoms with Crippen molar-refractivity contribution in [3.63, 3.8) is 0 Å². The Bertz CT molecular complexity index is 1720. The molecule has 2 N–H and O–H groups in total. The quantitative estimate of drug-likeness (QED) is 0.131. The van der Waals surface area contributed by atoms with Crippen LogP contribution in [-0.4, -0.2) is 25.0 Å². The molecule has 0 unspecified atom stereocenters. The van der Waals surface area contributed by atoms with E-state index in [0.29, 0.717) is 39.1 Å². The molecule has 0 radical (unpaired) electrons. The third-order valence-corrected chi connectivity index (χ3v) is 7.42. The summed E-state index contributed by atoms with van der Waals surface area (Å²) in [6.45, 7) is 3.64. The van der Waals surface area contributed by atoms with E-state index in [1.807, 2.05) is 0 Å². The van der Waals surface area contributed by atoms with Crippen molar-refractivity contribution in [2.45, 2.75) is 39.2 Å². The van der Waals surface area contributed by atoms with Gasteiger partial charge in [0.1, 0.15) is 0 Å². The highest BCUT2D eigenvalue weighted by Crippen LogP contribution is 2.37. The van der Waals surface area contributed by atoms with E-state index >= 15 is 0 Å². The summed E-state index contributed by atoms with van der Waals surface area (Å²) in [4.78, 5) is 24.0. The number of halogens is 7. The molecule has 0 atom stereocenters. The Morgan fingerprint density at radius 2 is 1.41 bits per heavy atom. The van der Waals surface area contributed by atoms with Gasteiger partial charge in [0.25, 0.3) is 5.91 Å². The molecule has 0 aliphatic carbocycles. The second-order valence-corrected chi connectivity index (χ2v) is 10.7. The van der Waals surface area contributed by atoms with Crippen LogP contribution in [0.15, 0.2) is 78.9 Å². The predicted molar refractivity (Wildman–Crippen MR) is 164 cm³/mol. The van der Waals surface area contributed by atoms with Gasteiger partial charge in [0.05, 0.1) is 29.2 Å². The van der Waals surface area contributed by atoms with Gasteiger partial charge in [-0.3, -0.25) is 9.59 Å². The summed E-state index contributed by atoms with van der Waals surface area (Å²) in [5.74, 6) is -0.898. The van der Waals surface area contributed by atoms with Gasteiger partial charge in [-0.2, -0.15) is 26.3 Å². The fourth-order valence-electron chi connectivity index (χ4n) is 4.77. The van der Waals surface area contributed by atoms with Crippen LogP contribution >= 0.6 is 11.6 Å². The third-order valence-electron chi connectivity index (χ3n) is 7.11. The van der Waals surface area contributed by atoms with E-state index in [4.69, 9.17) is 16.3 Å². The van der Waals surface area contributed by atoms with Crippen molar-refractivity contribution in [1.29, 1.82) is 0 Å². The monoisotopic (exact) mass is 662 g/mol. The topological polar surface area (TPSA) is 67.4 Å². The summed E-state index contributed by atoms with van der Waals surface area (Å²) < 4.78 is 84.9. The second kappa shape index (κ2) is 14.3. The van der Waals surface area contributed by atoms with Crippen molar-refractivity contribution in [1.82, 2.24) is 5.32 Å². The van der Waals surface area contributed by atoms with E-state index in [1.165, 1.54) is 36.4 Å². The van der Waals surface area contributed by atoms with Gasteiger partial charge in [0.15, 0.2) is 0 Å². The van der Waals surface area contributed by atoms with Crippen LogP contribution in [0.25, 0.3) is 22.3 Å². The number of rotatable bonds is 10. The van der Waals surface area contributed by atoms with Gasteiger partial charge >= 0.3 is 18.3 Å². The number of aryl methyl sites for hydroxylation is 1. The Morgan fingerprint density at radius 3 is 2.02 bits per heavy atom. The number of amides is 1. The molecule has 46 heavy (non-hydrogen) atoms. The molecule has 242 valence electrons. The Morgan fingerprint density at radius 1 is 0.783 bits per heavy atom. The molecule has 0 aliphatic rings. The first-order valence-electron chi connectivity index (χ1n) is 14.1. The molecule has 0 heterocycles. The lowest BCUT2D eigenvalue weighted by atomic mass is 9.95. The number of alkyl halides is 6. The molecule has 0 saturated carbocycles. The van der Waals surface area contributed by atoms with Gasteiger partial charge < -0.3 is 15.4 Å². The summed E-state index contributed by atoms with van der Waals surface area (Å²) in [6.07, 6.45) is -9.05. The minimum Gasteiger partial charge on any atom is -0.466 e. The molecule has 4 aromatic rings. The van der Waals surface area contributed by atoms with E-state index in [-0.39, 0.29) is 36.7 Å². The number of hydrogen-bond acceptors (Lipinski definition) is 4. The second-order valence-electron chi connectivity index (χ2n) is 10.3. The van der Waals surface area contributed by atoms with Gasteiger partial charge in [0, 0.05) is 29.9 Å². The van der Waals surface area contributed by atoms with E-state index < -0.39 is 35.4 Å². The SMILES string of the molecule is CCOC(=O)CCNC(=O)c1ccc(-c2cc(C(F)(F)F)ccc2CNc2ccc(-c3ccc(C(F)(F)F)cc3C)c(Cl)c2)cc1. The van der Waals surface area contributed by atoms with Gasteiger partial charge in [-0.1, -0.05) is 41.9 Å². The highest BCUT2D eigenvalue weighted by atomic mass is 35.5. The minimum absolute atomic E-state index is 0.000886. The van der Waals surface area contributed by atoms with Crippen LogP contribution in [0.1, 0.15) is 46.0 Å². The average molecular weight is 663 g/mol. The van der Waals surface area contributed by atoms with Crippen molar-refractivity contribution in [3.05, 3.63) is 112 Å². The fraction of sp³-hybridized carbons (Fsp3) is 0.235. The summed E-state index contributed by atoms with van der Waals surface area (Å²) in [5, 5.41) is 6.02. The first-order valence-corrected chi connectivity index (χ1v) is 14.5. The van der Waals surface area contributed by atoms with Crippen molar-refractivity contribution in [2.24, 2.45) is 0 Å². The molecule has 0 bridgehead atoms. The average Bonchev–Trinajstić information content (AvgIpc) is 2.99. The van der Waals surface area contributed by atoms with Crippen LogP contribution in [0.3, 0.4) is 0 Å². The first-order chi connectivity index (χ1) is 21.7. The molecule has 4 aromatic carbocycles. The lowest BCUT2D eigenvalue weighted by molar-refractivity contribution is -0.143. The summed E-state index contributed by atoms with van der Waals surface area (Å²) >= 11 is 6.50. The van der Waals surface area contributed by atoms with Gasteiger partial charge in [-0.05, 0) is 90.2 Å². The normalized spacial score (nSPS) is 11.7. The molecule has 0 fully saturated rings. The van der Waals surface area contributed by atoms with E-state index in [2.05, 4.69) is 10.6 Å². The third kappa shape index (κ3) is 8.60. The molecule has 0 saturated heterocycles. The van der Waals surface area contributed by atoms with Crippen molar-refractivity contribution in [2.75, 3.05) is 18.5 Å². The molecule has 4 rings (SSSR count). The highest BCUT2D eigenvalue weighted by molar-refractivity contribution is 6.33. The Balaban J connectivity index is 1.53. The van der Waals surface area contributed by atoms with Gasteiger partial charge in [-0.15, -0.1) is 0 Å². The number of benzene rings is 4. The summed E-state index contributed by atoms with van der Waals surface area (Å²) in [6, 6.07) is 17.7. The van der Waals surface area contributed by atoms with E-state index in [1.54, 1.807) is 32.0 Å². The maximum atomic E-state index is 13.6. The van der Waals surface area contributed by atoms with E-state index in [9.17, 15) is 35.9 Å². The molecule has 0 aliphatic heterocycles. The number of hydrogen-bond donors (Lipinski definition) is 2. The van der Waals surface area contributed by atoms with E-state index in [0.717, 1.165) is 24.3 Å². The van der Waals surface area contributed by atoms with Crippen LogP contribution in [0.4, 0.5) is 32.0 Å². The van der Waals surface area contributed by atoms with Crippen LogP contribution in [0.2, 0.25) is 5.02 Å². The van der Waals surface area contributed by atoms with Crippen LogP contribution in [-0.2, 0) is 28.4 Å². The van der Waals surface area contributed by atoms with Crippen LogP contribution < -0.4 is 10.6 Å². The van der Waals surface area contributed by atoms with Crippen molar-refractivity contribution < 1.29 is 40.7 Å². The maximum absolute atomic E-state index is 13.6. The molecular weight excluding hydrogens is 634 g/mol. The Kier molecular flexibility index (Phi) is 10.7. The lowest BCUT2D eigenvalue weighted by Gasteiger charge is -2.16. The summed E-state index contributed by atoms with van der Waals surface area (Å²) in [7, 11) is 0. The number of ether oxygens (including phenoxy) is 1. The zero-order valence-corrected chi connectivity index (χ0v) is 25.5. The fourth-order valence-corrected chi connectivity index (χ4v) is 5.06. The molecule has 0 aromatic heterocycles. The van der Waals surface area contributed by atoms with Crippen molar-refractivity contribution in [3.8, 4) is 22.3 Å². The minimum atomic E-state index is -4.58. The zero-order chi connectivity index (χ0) is 33.6.